The van der Waals surface area contributed by atoms with Crippen molar-refractivity contribution < 1.29 is 0 Å². The van der Waals surface area contributed by atoms with E-state index < -0.39 is 0 Å². The Labute approximate surface area is 136 Å². The summed E-state index contributed by atoms with van der Waals surface area (Å²) in [5.74, 6) is 0. The van der Waals surface area contributed by atoms with Crippen LogP contribution in [-0.2, 0) is 6.54 Å². The van der Waals surface area contributed by atoms with E-state index in [1.807, 2.05) is 18.3 Å². The van der Waals surface area contributed by atoms with Gasteiger partial charge in [-0.3, -0.25) is 9.88 Å². The number of fused-ring (bicyclic) bond motifs is 1. The second kappa shape index (κ2) is 5.80. The Bertz CT molecular complexity index is 679. The first kappa shape index (κ1) is 14.4. The average molecular weight is 316 g/mol. The molecule has 0 atom stereocenters. The molecule has 4 rings (SSSR count). The third-order valence-electron chi connectivity index (χ3n) is 5.32. The fraction of sp³-hybridized carbons (Fsp3) is 0.500. The van der Waals surface area contributed by atoms with Gasteiger partial charge >= 0.3 is 0 Å². The van der Waals surface area contributed by atoms with Gasteiger partial charge < -0.3 is 5.32 Å². The van der Waals surface area contributed by atoms with Crippen molar-refractivity contribution in [3.05, 3.63) is 41.0 Å². The summed E-state index contributed by atoms with van der Waals surface area (Å²) in [4.78, 5) is 7.16. The van der Waals surface area contributed by atoms with E-state index in [4.69, 9.17) is 11.6 Å². The zero-order valence-electron chi connectivity index (χ0n) is 12.8. The summed E-state index contributed by atoms with van der Waals surface area (Å²) in [7, 11) is 0. The van der Waals surface area contributed by atoms with Crippen molar-refractivity contribution in [3.8, 4) is 0 Å². The standard InChI is InChI=1S/C18H22ClN3/c19-16-10-14-2-1-6-21-17(14)15(11-16)12-22-9-5-18(13-22)3-7-20-8-4-18/h1-2,6,10-11,20H,3-5,7-9,12-13H2. The molecule has 2 aromatic rings. The number of rotatable bonds is 2. The minimum Gasteiger partial charge on any atom is -0.317 e. The molecule has 4 heteroatoms. The largest absolute Gasteiger partial charge is 0.317 e. The molecule has 2 saturated heterocycles. The number of nitrogens with one attached hydrogen (secondary N) is 1. The van der Waals surface area contributed by atoms with E-state index in [1.54, 1.807) is 0 Å². The number of piperidine rings is 1. The van der Waals surface area contributed by atoms with Crippen molar-refractivity contribution in [1.29, 1.82) is 0 Å². The minimum absolute atomic E-state index is 0.549. The highest BCUT2D eigenvalue weighted by molar-refractivity contribution is 6.31. The van der Waals surface area contributed by atoms with Crippen LogP contribution in [0.5, 0.6) is 0 Å². The van der Waals surface area contributed by atoms with E-state index in [-0.39, 0.29) is 0 Å². The summed E-state index contributed by atoms with van der Waals surface area (Å²) in [5, 5.41) is 5.44. The zero-order valence-corrected chi connectivity index (χ0v) is 13.6. The van der Waals surface area contributed by atoms with Crippen molar-refractivity contribution in [2.45, 2.75) is 25.8 Å². The smallest absolute Gasteiger partial charge is 0.0747 e. The molecular formula is C18H22ClN3. The Morgan fingerprint density at radius 1 is 1.23 bits per heavy atom. The van der Waals surface area contributed by atoms with Gasteiger partial charge in [-0.05, 0) is 68.1 Å². The molecule has 3 nitrogen and oxygen atoms in total. The molecule has 2 aliphatic heterocycles. The molecular weight excluding hydrogens is 294 g/mol. The summed E-state index contributed by atoms with van der Waals surface area (Å²) < 4.78 is 0. The fourth-order valence-electron chi connectivity index (χ4n) is 4.12. The molecule has 1 aromatic carbocycles. The van der Waals surface area contributed by atoms with Crippen molar-refractivity contribution in [2.75, 3.05) is 26.2 Å². The van der Waals surface area contributed by atoms with E-state index in [0.717, 1.165) is 22.5 Å². The first-order valence-corrected chi connectivity index (χ1v) is 8.58. The van der Waals surface area contributed by atoms with E-state index in [0.29, 0.717) is 5.41 Å². The number of nitrogens with zero attached hydrogens (tertiary/aromatic N) is 2. The monoisotopic (exact) mass is 315 g/mol. The van der Waals surface area contributed by atoms with Crippen molar-refractivity contribution in [1.82, 2.24) is 15.2 Å². The predicted molar refractivity (Wildman–Crippen MR) is 91.2 cm³/mol. The number of hydrogen-bond donors (Lipinski definition) is 1. The van der Waals surface area contributed by atoms with Crippen LogP contribution in [0.2, 0.25) is 5.02 Å². The van der Waals surface area contributed by atoms with Crippen LogP contribution in [0, 0.1) is 5.41 Å². The molecule has 1 N–H and O–H groups in total. The Kier molecular flexibility index (Phi) is 3.81. The summed E-state index contributed by atoms with van der Waals surface area (Å²) >= 11 is 6.30. The first-order chi connectivity index (χ1) is 10.7. The molecule has 3 heterocycles. The Hall–Kier alpha value is -1.16. The second-order valence-corrected chi connectivity index (χ2v) is 7.29. The molecule has 0 bridgehead atoms. The van der Waals surface area contributed by atoms with Crippen LogP contribution >= 0.6 is 11.6 Å². The molecule has 0 radical (unpaired) electrons. The van der Waals surface area contributed by atoms with Crippen LogP contribution in [0.4, 0.5) is 0 Å². The molecule has 2 fully saturated rings. The van der Waals surface area contributed by atoms with Gasteiger partial charge in [0.05, 0.1) is 5.52 Å². The number of likely N-dealkylation sites (tertiary alicyclic amines) is 1. The first-order valence-electron chi connectivity index (χ1n) is 8.20. The van der Waals surface area contributed by atoms with E-state index in [9.17, 15) is 0 Å². The van der Waals surface area contributed by atoms with E-state index >= 15 is 0 Å². The van der Waals surface area contributed by atoms with Gasteiger partial charge in [-0.25, -0.2) is 0 Å². The predicted octanol–water partition coefficient (Wildman–Crippen LogP) is 3.46. The maximum Gasteiger partial charge on any atom is 0.0747 e. The summed E-state index contributed by atoms with van der Waals surface area (Å²) in [6.45, 7) is 5.73. The van der Waals surface area contributed by atoms with Crippen molar-refractivity contribution >= 4 is 22.5 Å². The Morgan fingerprint density at radius 2 is 2.09 bits per heavy atom. The van der Waals surface area contributed by atoms with Crippen LogP contribution in [-0.4, -0.2) is 36.1 Å². The summed E-state index contributed by atoms with van der Waals surface area (Å²) in [6, 6.07) is 8.16. The van der Waals surface area contributed by atoms with Crippen LogP contribution in [0.1, 0.15) is 24.8 Å². The third-order valence-corrected chi connectivity index (χ3v) is 5.54. The molecule has 0 amide bonds. The van der Waals surface area contributed by atoms with Gasteiger partial charge in [0, 0.05) is 29.7 Å². The molecule has 22 heavy (non-hydrogen) atoms. The molecule has 1 spiro atoms. The van der Waals surface area contributed by atoms with Crippen LogP contribution in [0.15, 0.2) is 30.5 Å². The summed E-state index contributed by atoms with van der Waals surface area (Å²) in [6.07, 6.45) is 5.84. The Balaban J connectivity index is 1.57. The topological polar surface area (TPSA) is 28.2 Å². The van der Waals surface area contributed by atoms with Crippen LogP contribution in [0.3, 0.4) is 0 Å². The van der Waals surface area contributed by atoms with Gasteiger partial charge in [0.2, 0.25) is 0 Å². The quantitative estimate of drug-likeness (QED) is 0.920. The Morgan fingerprint density at radius 3 is 2.95 bits per heavy atom. The lowest BCUT2D eigenvalue weighted by Crippen LogP contribution is -2.38. The second-order valence-electron chi connectivity index (χ2n) is 6.85. The molecule has 0 aliphatic carbocycles. The third kappa shape index (κ3) is 2.73. The molecule has 2 aliphatic rings. The molecule has 116 valence electrons. The number of aromatic nitrogens is 1. The van der Waals surface area contributed by atoms with Crippen molar-refractivity contribution in [2.24, 2.45) is 5.41 Å². The normalized spacial score (nSPS) is 21.7. The number of pyridine rings is 1. The number of benzene rings is 1. The number of halogens is 1. The molecule has 0 unspecified atom stereocenters. The van der Waals surface area contributed by atoms with E-state index in [2.05, 4.69) is 27.3 Å². The highest BCUT2D eigenvalue weighted by Gasteiger charge is 2.38. The molecule has 1 aromatic heterocycles. The van der Waals surface area contributed by atoms with Gasteiger partial charge in [0.1, 0.15) is 0 Å². The zero-order chi connectivity index (χ0) is 15.0. The fourth-order valence-corrected chi connectivity index (χ4v) is 4.37. The SMILES string of the molecule is Clc1cc(CN2CCC3(CCNCC3)C2)c2ncccc2c1. The number of hydrogen-bond acceptors (Lipinski definition) is 3. The van der Waals surface area contributed by atoms with E-state index in [1.165, 1.54) is 51.0 Å². The highest BCUT2D eigenvalue weighted by Crippen LogP contribution is 2.39. The van der Waals surface area contributed by atoms with Crippen LogP contribution in [0.25, 0.3) is 10.9 Å². The van der Waals surface area contributed by atoms with Gasteiger partial charge in [-0.15, -0.1) is 0 Å². The maximum atomic E-state index is 6.30. The lowest BCUT2D eigenvalue weighted by atomic mass is 9.78. The summed E-state index contributed by atoms with van der Waals surface area (Å²) in [5.41, 5.74) is 2.90. The average Bonchev–Trinajstić information content (AvgIpc) is 2.90. The lowest BCUT2D eigenvalue weighted by molar-refractivity contribution is 0.194. The minimum atomic E-state index is 0.549. The maximum absolute atomic E-state index is 6.30. The lowest BCUT2D eigenvalue weighted by Gasteiger charge is -2.34. The highest BCUT2D eigenvalue weighted by atomic mass is 35.5. The van der Waals surface area contributed by atoms with Crippen molar-refractivity contribution in [3.63, 3.8) is 0 Å². The van der Waals surface area contributed by atoms with Gasteiger partial charge in [0.15, 0.2) is 0 Å². The molecule has 0 saturated carbocycles. The van der Waals surface area contributed by atoms with Gasteiger partial charge in [-0.1, -0.05) is 17.7 Å². The van der Waals surface area contributed by atoms with Gasteiger partial charge in [0.25, 0.3) is 0 Å². The van der Waals surface area contributed by atoms with Crippen LogP contribution < -0.4 is 5.32 Å². The van der Waals surface area contributed by atoms with Gasteiger partial charge in [-0.2, -0.15) is 0 Å².